The van der Waals surface area contributed by atoms with E-state index in [0.29, 0.717) is 22.7 Å². The molecule has 4 fully saturated rings. The molecule has 28 heavy (non-hydrogen) atoms. The highest BCUT2D eigenvalue weighted by Crippen LogP contribution is 2.69. The summed E-state index contributed by atoms with van der Waals surface area (Å²) in [6.45, 7) is 15.0. The van der Waals surface area contributed by atoms with E-state index in [-0.39, 0.29) is 6.10 Å². The molecular formula is C27H48O. The molecule has 0 aromatic heterocycles. The lowest BCUT2D eigenvalue weighted by Gasteiger charge is -2.65. The number of hydrogen-bond donors (Lipinski definition) is 1. The Labute approximate surface area is 175 Å². The summed E-state index contributed by atoms with van der Waals surface area (Å²) >= 11 is 0. The SMILES string of the molecule is CCC[C@@H](C)[C@H]1CCC2C3C(O)[C@H](CC)[C@@H]4C[C@H](C)CC[C@]4(C)C3CC[C@@]21C. The first-order valence-electron chi connectivity index (χ1n) is 13.0. The molecular weight excluding hydrogens is 340 g/mol. The number of rotatable bonds is 4. The number of hydrogen-bond acceptors (Lipinski definition) is 1. The summed E-state index contributed by atoms with van der Waals surface area (Å²) in [4.78, 5) is 0. The van der Waals surface area contributed by atoms with Crippen molar-refractivity contribution in [3.05, 3.63) is 0 Å². The topological polar surface area (TPSA) is 20.2 Å². The van der Waals surface area contributed by atoms with Crippen LogP contribution in [0.15, 0.2) is 0 Å². The molecule has 4 unspecified atom stereocenters. The number of aliphatic hydroxyl groups excluding tert-OH is 1. The summed E-state index contributed by atoms with van der Waals surface area (Å²) in [7, 11) is 0. The van der Waals surface area contributed by atoms with Crippen molar-refractivity contribution in [2.45, 2.75) is 112 Å². The van der Waals surface area contributed by atoms with Crippen LogP contribution in [0.2, 0.25) is 0 Å². The van der Waals surface area contributed by atoms with Crippen LogP contribution in [0, 0.1) is 58.2 Å². The molecule has 0 aromatic carbocycles. The van der Waals surface area contributed by atoms with E-state index in [1.165, 1.54) is 64.2 Å². The fourth-order valence-corrected chi connectivity index (χ4v) is 9.81. The molecule has 4 aliphatic rings. The van der Waals surface area contributed by atoms with Gasteiger partial charge in [0.15, 0.2) is 0 Å². The minimum atomic E-state index is -0.0387. The van der Waals surface area contributed by atoms with Gasteiger partial charge >= 0.3 is 0 Å². The molecule has 1 N–H and O–H groups in total. The fraction of sp³-hybridized carbons (Fsp3) is 1.00. The van der Waals surface area contributed by atoms with Gasteiger partial charge in [-0.2, -0.15) is 0 Å². The van der Waals surface area contributed by atoms with Gasteiger partial charge in [-0.1, -0.05) is 67.2 Å². The lowest BCUT2D eigenvalue weighted by molar-refractivity contribution is -0.198. The Morgan fingerprint density at radius 3 is 2.29 bits per heavy atom. The van der Waals surface area contributed by atoms with Crippen molar-refractivity contribution in [1.29, 1.82) is 0 Å². The summed E-state index contributed by atoms with van der Waals surface area (Å²) in [5, 5.41) is 11.8. The predicted octanol–water partition coefficient (Wildman–Crippen LogP) is 7.32. The summed E-state index contributed by atoms with van der Waals surface area (Å²) in [5.41, 5.74) is 0.978. The second kappa shape index (κ2) is 7.58. The van der Waals surface area contributed by atoms with Gasteiger partial charge in [-0.05, 0) is 96.7 Å². The van der Waals surface area contributed by atoms with Crippen molar-refractivity contribution in [1.82, 2.24) is 0 Å². The fourth-order valence-electron chi connectivity index (χ4n) is 9.81. The van der Waals surface area contributed by atoms with Gasteiger partial charge in [-0.15, -0.1) is 0 Å². The van der Waals surface area contributed by atoms with Gasteiger partial charge in [0.25, 0.3) is 0 Å². The minimum Gasteiger partial charge on any atom is -0.393 e. The van der Waals surface area contributed by atoms with Crippen LogP contribution in [0.5, 0.6) is 0 Å². The second-order valence-electron chi connectivity index (χ2n) is 12.3. The molecule has 0 aromatic rings. The molecule has 0 bridgehead atoms. The van der Waals surface area contributed by atoms with E-state index in [4.69, 9.17) is 0 Å². The van der Waals surface area contributed by atoms with Crippen molar-refractivity contribution in [3.63, 3.8) is 0 Å². The molecule has 0 aliphatic heterocycles. The van der Waals surface area contributed by atoms with E-state index in [2.05, 4.69) is 41.5 Å². The van der Waals surface area contributed by atoms with Crippen LogP contribution in [-0.2, 0) is 0 Å². The normalized spacial score (nSPS) is 54.5. The highest BCUT2D eigenvalue weighted by molar-refractivity contribution is 5.13. The average Bonchev–Trinajstić information content (AvgIpc) is 3.01. The van der Waals surface area contributed by atoms with Crippen molar-refractivity contribution >= 4 is 0 Å². The Balaban J connectivity index is 1.67. The van der Waals surface area contributed by atoms with E-state index in [0.717, 1.165) is 35.5 Å². The lowest BCUT2D eigenvalue weighted by Crippen LogP contribution is -2.61. The summed E-state index contributed by atoms with van der Waals surface area (Å²) in [6.07, 6.45) is 13.7. The predicted molar refractivity (Wildman–Crippen MR) is 119 cm³/mol. The quantitative estimate of drug-likeness (QED) is 0.534. The Bertz CT molecular complexity index is 556. The second-order valence-corrected chi connectivity index (χ2v) is 12.3. The molecule has 4 rings (SSSR count). The monoisotopic (exact) mass is 388 g/mol. The van der Waals surface area contributed by atoms with Crippen LogP contribution in [0.3, 0.4) is 0 Å². The first-order chi connectivity index (χ1) is 13.3. The van der Waals surface area contributed by atoms with E-state index in [1.54, 1.807) is 0 Å². The smallest absolute Gasteiger partial charge is 0.0605 e. The van der Waals surface area contributed by atoms with Crippen molar-refractivity contribution in [2.75, 3.05) is 0 Å². The lowest BCUT2D eigenvalue weighted by atomic mass is 9.41. The third kappa shape index (κ3) is 2.96. The first kappa shape index (κ1) is 21.2. The minimum absolute atomic E-state index is 0.0387. The van der Waals surface area contributed by atoms with Crippen LogP contribution >= 0.6 is 0 Å². The molecule has 162 valence electrons. The Kier molecular flexibility index (Phi) is 5.74. The zero-order chi connectivity index (χ0) is 20.3. The third-order valence-corrected chi connectivity index (χ3v) is 11.2. The maximum absolute atomic E-state index is 11.8. The van der Waals surface area contributed by atoms with Crippen LogP contribution < -0.4 is 0 Å². The van der Waals surface area contributed by atoms with Crippen LogP contribution in [-0.4, -0.2) is 11.2 Å². The summed E-state index contributed by atoms with van der Waals surface area (Å²) in [5.74, 6) is 6.05. The van der Waals surface area contributed by atoms with Gasteiger partial charge < -0.3 is 5.11 Å². The van der Waals surface area contributed by atoms with Gasteiger partial charge in [0.2, 0.25) is 0 Å². The van der Waals surface area contributed by atoms with Crippen molar-refractivity contribution < 1.29 is 5.11 Å². The molecule has 0 heterocycles. The number of aliphatic hydroxyl groups is 1. The molecule has 0 radical (unpaired) electrons. The van der Waals surface area contributed by atoms with Gasteiger partial charge in [-0.25, -0.2) is 0 Å². The zero-order valence-corrected chi connectivity index (χ0v) is 19.7. The zero-order valence-electron chi connectivity index (χ0n) is 19.7. The van der Waals surface area contributed by atoms with Crippen molar-refractivity contribution in [3.8, 4) is 0 Å². The molecule has 0 spiro atoms. The molecule has 1 heteroatoms. The van der Waals surface area contributed by atoms with Crippen LogP contribution in [0.1, 0.15) is 106 Å². The molecule has 4 aliphatic carbocycles. The van der Waals surface area contributed by atoms with Gasteiger partial charge in [0.05, 0.1) is 6.10 Å². The molecule has 0 saturated heterocycles. The molecule has 0 amide bonds. The maximum Gasteiger partial charge on any atom is 0.0605 e. The van der Waals surface area contributed by atoms with Crippen LogP contribution in [0.25, 0.3) is 0 Å². The third-order valence-electron chi connectivity index (χ3n) is 11.2. The van der Waals surface area contributed by atoms with Crippen molar-refractivity contribution in [2.24, 2.45) is 58.2 Å². The summed E-state index contributed by atoms with van der Waals surface area (Å²) in [6, 6.07) is 0. The Morgan fingerprint density at radius 2 is 1.61 bits per heavy atom. The average molecular weight is 389 g/mol. The Morgan fingerprint density at radius 1 is 0.929 bits per heavy atom. The molecule has 11 atom stereocenters. The maximum atomic E-state index is 11.8. The standard InChI is InChI=1S/C27H48O/c1-7-9-18(4)20-10-11-21-24-22(13-15-26(20,21)5)27(6)14-12-17(3)16-23(27)19(8-2)25(24)28/h17-25,28H,7-16H2,1-6H3/t17-,18-,19-,20-,21?,22?,23+,24?,25?,26-,27-/m1/s1. The highest BCUT2D eigenvalue weighted by atomic mass is 16.3. The molecule has 1 nitrogen and oxygen atoms in total. The van der Waals surface area contributed by atoms with E-state index in [9.17, 15) is 5.11 Å². The number of fused-ring (bicyclic) bond motifs is 5. The van der Waals surface area contributed by atoms with Gasteiger partial charge in [-0.3, -0.25) is 0 Å². The summed E-state index contributed by atoms with van der Waals surface area (Å²) < 4.78 is 0. The van der Waals surface area contributed by atoms with E-state index in [1.807, 2.05) is 0 Å². The largest absolute Gasteiger partial charge is 0.393 e. The van der Waals surface area contributed by atoms with Gasteiger partial charge in [0.1, 0.15) is 0 Å². The van der Waals surface area contributed by atoms with E-state index < -0.39 is 0 Å². The first-order valence-corrected chi connectivity index (χ1v) is 13.0. The van der Waals surface area contributed by atoms with Gasteiger partial charge in [0, 0.05) is 0 Å². The Hall–Kier alpha value is -0.0400. The van der Waals surface area contributed by atoms with Crippen LogP contribution in [0.4, 0.5) is 0 Å². The highest BCUT2D eigenvalue weighted by Gasteiger charge is 2.64. The molecule has 4 saturated carbocycles. The van der Waals surface area contributed by atoms with E-state index >= 15 is 0 Å².